The molecule has 5 atom stereocenters. The molecule has 3 rings (SSSR count). The minimum absolute atomic E-state index is 0.0239. The quantitative estimate of drug-likeness (QED) is 0.0610. The SMILES string of the molecule is COC(=O)CC(NC(=O)[C@H](CO)NC(=O)[C@H](CCC(=O)O)NC(=O)C(CC(=O)OC)NC(=O)C(NC(=O)c1ccc2ccccc2n1)C(C)C)C(=O)COc1c(F)cccc1F. The predicted molar refractivity (Wildman–Crippen MR) is 210 cm³/mol. The molecule has 0 spiro atoms. The van der Waals surface area contributed by atoms with Crippen molar-refractivity contribution in [3.05, 3.63) is 71.9 Å². The third-order valence-electron chi connectivity index (χ3n) is 8.97. The average Bonchev–Trinajstić information content (AvgIpc) is 3.24. The van der Waals surface area contributed by atoms with Crippen LogP contribution in [0.4, 0.5) is 8.78 Å². The van der Waals surface area contributed by atoms with E-state index in [-0.39, 0.29) is 5.69 Å². The Kier molecular flexibility index (Phi) is 18.8. The molecule has 0 aliphatic heterocycles. The number of rotatable bonds is 23. The highest BCUT2D eigenvalue weighted by Gasteiger charge is 2.35. The second kappa shape index (κ2) is 23.6. The van der Waals surface area contributed by atoms with E-state index in [1.807, 2.05) is 0 Å². The number of aliphatic carboxylic acids is 1. The molecule has 20 nitrogen and oxygen atoms in total. The first kappa shape index (κ1) is 49.3. The van der Waals surface area contributed by atoms with Gasteiger partial charge in [-0.2, -0.15) is 0 Å². The number of hydrogen-bond acceptors (Lipinski definition) is 14. The molecule has 0 saturated heterocycles. The normalized spacial score (nSPS) is 13.3. The minimum atomic E-state index is -1.93. The Morgan fingerprint density at radius 1 is 0.677 bits per heavy atom. The summed E-state index contributed by atoms with van der Waals surface area (Å²) in [5.41, 5.74) is 0.484. The number of carboxylic acids is 1. The number of benzene rings is 2. The summed E-state index contributed by atoms with van der Waals surface area (Å²) in [7, 11) is 1.96. The zero-order valence-electron chi connectivity index (χ0n) is 33.9. The number of carbonyl (C=O) groups excluding carboxylic acids is 8. The second-order valence-electron chi connectivity index (χ2n) is 13.8. The van der Waals surface area contributed by atoms with Crippen molar-refractivity contribution < 1.29 is 76.4 Å². The standard InChI is InChI=1S/C40H46F2N6O14/c1-20(2)34(48-37(56)25-13-12-21-8-5-6-11-24(21)43-25)40(59)46-28(17-33(54)61-4)38(57)44-26(14-15-31(51)52)36(55)47-29(18-49)39(58)45-27(16-32(53)60-3)30(50)19-62-35-22(41)9-7-10-23(35)42/h5-13,20,26-29,34,49H,14-19H2,1-4H3,(H,44,57)(H,45,58)(H,46,59)(H,47,55)(H,48,56)(H,51,52)/t26-,27?,28?,29-,34?/m0/s1. The van der Waals surface area contributed by atoms with Crippen LogP contribution >= 0.6 is 0 Å². The predicted octanol–water partition coefficient (Wildman–Crippen LogP) is -0.162. The van der Waals surface area contributed by atoms with Crippen LogP contribution in [0.1, 0.15) is 50.0 Å². The lowest BCUT2D eigenvalue weighted by Crippen LogP contribution is -2.60. The summed E-state index contributed by atoms with van der Waals surface area (Å²) in [6.45, 7) is 0.948. The fraction of sp³-hybridized carbons (Fsp3) is 0.400. The van der Waals surface area contributed by atoms with Crippen LogP contribution in [0.2, 0.25) is 0 Å². The lowest BCUT2D eigenvalue weighted by atomic mass is 10.0. The van der Waals surface area contributed by atoms with Gasteiger partial charge in [0.05, 0.1) is 39.2 Å². The fourth-order valence-corrected chi connectivity index (χ4v) is 5.57. The third-order valence-corrected chi connectivity index (χ3v) is 8.97. The summed E-state index contributed by atoms with van der Waals surface area (Å²) in [4.78, 5) is 121. The topological polar surface area (TPSA) is 295 Å². The van der Waals surface area contributed by atoms with Gasteiger partial charge in [-0.05, 0) is 36.6 Å². The van der Waals surface area contributed by atoms with E-state index in [1.165, 1.54) is 6.07 Å². The largest absolute Gasteiger partial charge is 0.481 e. The summed E-state index contributed by atoms with van der Waals surface area (Å²) < 4.78 is 42.2. The fourth-order valence-electron chi connectivity index (χ4n) is 5.57. The molecule has 7 N–H and O–H groups in total. The number of carbonyl (C=O) groups is 9. The van der Waals surface area contributed by atoms with Crippen molar-refractivity contribution in [3.8, 4) is 5.75 Å². The molecule has 5 amide bonds. The van der Waals surface area contributed by atoms with Crippen molar-refractivity contribution in [1.29, 1.82) is 0 Å². The number of nitrogens with one attached hydrogen (secondary N) is 5. The maximum atomic E-state index is 14.1. The number of nitrogens with zero attached hydrogens (tertiary/aromatic N) is 1. The Hall–Kier alpha value is -7.10. The van der Waals surface area contributed by atoms with E-state index >= 15 is 0 Å². The smallest absolute Gasteiger partial charge is 0.308 e. The van der Waals surface area contributed by atoms with Crippen LogP contribution < -0.4 is 31.3 Å². The molecular weight excluding hydrogens is 826 g/mol. The molecule has 3 aromatic rings. The Bertz CT molecular complexity index is 2130. The van der Waals surface area contributed by atoms with Crippen molar-refractivity contribution in [3.63, 3.8) is 0 Å². The summed E-state index contributed by atoms with van der Waals surface area (Å²) in [6, 6.07) is 4.21. The van der Waals surface area contributed by atoms with Gasteiger partial charge in [0, 0.05) is 11.8 Å². The Balaban J connectivity index is 1.78. The molecule has 1 heterocycles. The molecule has 0 fully saturated rings. The van der Waals surface area contributed by atoms with E-state index < -0.39 is 146 Å². The van der Waals surface area contributed by atoms with Gasteiger partial charge in [-0.15, -0.1) is 0 Å². The van der Waals surface area contributed by atoms with Gasteiger partial charge in [0.25, 0.3) is 5.91 Å². The number of para-hydroxylation sites is 2. The molecule has 2 aromatic carbocycles. The van der Waals surface area contributed by atoms with Crippen LogP contribution in [0, 0.1) is 17.6 Å². The first-order valence-corrected chi connectivity index (χ1v) is 18.8. The zero-order chi connectivity index (χ0) is 46.1. The van der Waals surface area contributed by atoms with E-state index in [0.29, 0.717) is 5.52 Å². The number of aliphatic hydroxyl groups is 1. The molecule has 1 aromatic heterocycles. The van der Waals surface area contributed by atoms with Gasteiger partial charge >= 0.3 is 17.9 Å². The molecule has 334 valence electrons. The van der Waals surface area contributed by atoms with Crippen LogP contribution in [-0.4, -0.2) is 126 Å². The average molecular weight is 873 g/mol. The number of esters is 2. The lowest BCUT2D eigenvalue weighted by molar-refractivity contribution is -0.145. The molecule has 3 unspecified atom stereocenters. The molecule has 0 saturated carbocycles. The van der Waals surface area contributed by atoms with Gasteiger partial charge in [0.2, 0.25) is 23.6 Å². The van der Waals surface area contributed by atoms with Crippen molar-refractivity contribution in [2.45, 2.75) is 69.7 Å². The van der Waals surface area contributed by atoms with E-state index in [0.717, 1.165) is 37.8 Å². The minimum Gasteiger partial charge on any atom is -0.481 e. The number of pyridine rings is 1. The Labute approximate surface area is 352 Å². The molecular formula is C40H46F2N6O14. The number of aliphatic hydroxyl groups excluding tert-OH is 1. The number of hydrogen-bond donors (Lipinski definition) is 7. The summed E-state index contributed by atoms with van der Waals surface area (Å²) in [6.07, 6.45) is -3.02. The number of methoxy groups -OCH3 is 2. The molecule has 22 heteroatoms. The van der Waals surface area contributed by atoms with Crippen LogP contribution in [-0.2, 0) is 47.8 Å². The highest BCUT2D eigenvalue weighted by atomic mass is 19.1. The van der Waals surface area contributed by atoms with Gasteiger partial charge in [-0.1, -0.05) is 44.2 Å². The summed E-state index contributed by atoms with van der Waals surface area (Å²) >= 11 is 0. The summed E-state index contributed by atoms with van der Waals surface area (Å²) in [5.74, 6) is -13.8. The molecule has 62 heavy (non-hydrogen) atoms. The second-order valence-corrected chi connectivity index (χ2v) is 13.8. The number of Topliss-reactive ketones (excluding diaryl/α,β-unsaturated/α-hetero) is 1. The van der Waals surface area contributed by atoms with Crippen LogP contribution in [0.5, 0.6) is 5.75 Å². The maximum absolute atomic E-state index is 14.1. The highest BCUT2D eigenvalue weighted by molar-refractivity contribution is 6.00. The van der Waals surface area contributed by atoms with E-state index in [9.17, 15) is 62.1 Å². The van der Waals surface area contributed by atoms with E-state index in [1.54, 1.807) is 44.2 Å². The van der Waals surface area contributed by atoms with Gasteiger partial charge < -0.3 is 51.0 Å². The van der Waals surface area contributed by atoms with Gasteiger partial charge in [-0.3, -0.25) is 43.2 Å². The molecule has 0 bridgehead atoms. The lowest BCUT2D eigenvalue weighted by Gasteiger charge is -2.27. The monoisotopic (exact) mass is 872 g/mol. The van der Waals surface area contributed by atoms with Crippen molar-refractivity contribution in [2.75, 3.05) is 27.4 Å². The van der Waals surface area contributed by atoms with Crippen molar-refractivity contribution >= 4 is 64.1 Å². The Morgan fingerprint density at radius 3 is 1.82 bits per heavy atom. The number of carboxylic acid groups (broad SMARTS) is 1. The van der Waals surface area contributed by atoms with Gasteiger partial charge in [0.1, 0.15) is 42.5 Å². The Morgan fingerprint density at radius 2 is 1.23 bits per heavy atom. The number of ketones is 1. The van der Waals surface area contributed by atoms with Crippen LogP contribution in [0.15, 0.2) is 54.6 Å². The van der Waals surface area contributed by atoms with E-state index in [4.69, 9.17) is 4.74 Å². The summed E-state index contributed by atoms with van der Waals surface area (Å²) in [5, 5.41) is 31.5. The van der Waals surface area contributed by atoms with Crippen LogP contribution in [0.25, 0.3) is 10.9 Å². The highest BCUT2D eigenvalue weighted by Crippen LogP contribution is 2.21. The number of fused-ring (bicyclic) bond motifs is 1. The van der Waals surface area contributed by atoms with Gasteiger partial charge in [0.15, 0.2) is 23.2 Å². The number of amides is 5. The number of halogens is 2. The molecule has 0 aliphatic rings. The van der Waals surface area contributed by atoms with Crippen molar-refractivity contribution in [2.24, 2.45) is 5.92 Å². The van der Waals surface area contributed by atoms with Crippen molar-refractivity contribution in [1.82, 2.24) is 31.6 Å². The van der Waals surface area contributed by atoms with Gasteiger partial charge in [-0.25, -0.2) is 13.8 Å². The molecule has 0 aliphatic carbocycles. The zero-order valence-corrected chi connectivity index (χ0v) is 33.9. The third kappa shape index (κ3) is 14.6. The number of ether oxygens (including phenoxy) is 3. The first-order valence-electron chi connectivity index (χ1n) is 18.8. The maximum Gasteiger partial charge on any atom is 0.308 e. The van der Waals surface area contributed by atoms with Crippen LogP contribution in [0.3, 0.4) is 0 Å². The molecule has 0 radical (unpaired) electrons. The number of aromatic nitrogens is 1. The first-order chi connectivity index (χ1) is 29.4. The van der Waals surface area contributed by atoms with E-state index in [2.05, 4.69) is 41.0 Å².